The Morgan fingerprint density at radius 3 is 1.78 bits per heavy atom. The van der Waals surface area contributed by atoms with Gasteiger partial charge in [-0.25, -0.2) is 19.2 Å². The molecule has 2 aliphatic carbocycles. The maximum absolute atomic E-state index is 13.9. The molecule has 0 bridgehead atoms. The van der Waals surface area contributed by atoms with Crippen molar-refractivity contribution in [1.29, 1.82) is 0 Å². The van der Waals surface area contributed by atoms with E-state index in [1.807, 2.05) is 78.9 Å². The lowest BCUT2D eigenvalue weighted by atomic mass is 9.90. The minimum Gasteiger partial charge on any atom is -0.462 e. The standard InChI is InChI=1S/C55H57N4O6/c1-7-56-36-22-26-44-48(32-36)64-49-33-37(57-8-2)23-27-45(49)52(44)40-18-12-14-20-42(40)54(60)62-30-16-17-31-63-55(61)43-21-15-13-19-41(43)53-46-28-24-38(58(6)9-3)34-50(46)65-51-35-39(25-29-47(51)53)59(10-4)11-5/h12-15,18-29,32-35,56H,7-11,16-17,30-31H2,1-6H3/q+1/p+1. The Kier molecular flexibility index (Phi) is 13.7. The molecule has 332 valence electrons. The van der Waals surface area contributed by atoms with Gasteiger partial charge in [0, 0.05) is 88.3 Å². The second-order valence-electron chi connectivity index (χ2n) is 16.1. The molecule has 8 rings (SSSR count). The molecule has 2 heterocycles. The van der Waals surface area contributed by atoms with Gasteiger partial charge < -0.3 is 28.5 Å². The number of esters is 2. The minimum atomic E-state index is -0.422. The second-order valence-corrected chi connectivity index (χ2v) is 16.1. The molecule has 0 spiro atoms. The van der Waals surface area contributed by atoms with Crippen molar-refractivity contribution < 1.29 is 32.9 Å². The van der Waals surface area contributed by atoms with Crippen LogP contribution in [0.5, 0.6) is 0 Å². The van der Waals surface area contributed by atoms with Gasteiger partial charge in [-0.15, -0.1) is 0 Å². The van der Waals surface area contributed by atoms with E-state index in [4.69, 9.17) is 18.3 Å². The predicted molar refractivity (Wildman–Crippen MR) is 260 cm³/mol. The molecular weight excluding hydrogens is 813 g/mol. The maximum atomic E-state index is 13.9. The van der Waals surface area contributed by atoms with Gasteiger partial charge in [0.2, 0.25) is 10.7 Å². The molecule has 2 N–H and O–H groups in total. The average molecular weight is 871 g/mol. The highest BCUT2D eigenvalue weighted by Gasteiger charge is 2.25. The van der Waals surface area contributed by atoms with Gasteiger partial charge in [-0.05, 0) is 107 Å². The summed E-state index contributed by atoms with van der Waals surface area (Å²) in [5.41, 5.74) is 9.55. The van der Waals surface area contributed by atoms with E-state index in [1.165, 1.54) is 0 Å². The topological polar surface area (TPSA) is 111 Å². The van der Waals surface area contributed by atoms with Crippen LogP contribution < -0.4 is 30.5 Å². The molecule has 0 saturated heterocycles. The van der Waals surface area contributed by atoms with Crippen LogP contribution in [-0.4, -0.2) is 64.9 Å². The van der Waals surface area contributed by atoms with Crippen LogP contribution in [0.25, 0.3) is 66.8 Å². The van der Waals surface area contributed by atoms with E-state index in [2.05, 4.69) is 97.8 Å². The zero-order chi connectivity index (χ0) is 45.5. The van der Waals surface area contributed by atoms with Gasteiger partial charge in [0.05, 0.1) is 36.5 Å². The molecule has 4 aliphatic rings. The fourth-order valence-electron chi connectivity index (χ4n) is 8.62. The Hall–Kier alpha value is -7.20. The number of rotatable bonds is 16. The quantitative estimate of drug-likeness (QED) is 0.0428. The van der Waals surface area contributed by atoms with E-state index >= 15 is 0 Å². The minimum absolute atomic E-state index is 0.168. The third kappa shape index (κ3) is 9.25. The fraction of sp³-hybridized carbons (Fsp3) is 0.273. The first-order chi connectivity index (χ1) is 31.8. The average Bonchev–Trinajstić information content (AvgIpc) is 3.33. The van der Waals surface area contributed by atoms with E-state index in [1.54, 1.807) is 6.07 Å². The first kappa shape index (κ1) is 44.4. The summed E-state index contributed by atoms with van der Waals surface area (Å²) in [5, 5.41) is 7.17. The van der Waals surface area contributed by atoms with Crippen molar-refractivity contribution in [3.63, 3.8) is 0 Å². The molecule has 0 saturated carbocycles. The number of carbonyl (C=O) groups excluding carboxylic acids is 2. The molecule has 0 radical (unpaired) electrons. The number of unbranched alkanes of at least 4 members (excludes halogenated alkanes) is 1. The first-order valence-corrected chi connectivity index (χ1v) is 22.9. The van der Waals surface area contributed by atoms with Crippen molar-refractivity contribution >= 4 is 45.3 Å². The maximum Gasteiger partial charge on any atom is 0.338 e. The highest BCUT2D eigenvalue weighted by atomic mass is 16.5. The van der Waals surface area contributed by atoms with Gasteiger partial charge in [0.25, 0.3) is 0 Å². The second kappa shape index (κ2) is 20.1. The van der Waals surface area contributed by atoms with Gasteiger partial charge in [-0.3, -0.25) is 0 Å². The number of carbonyl (C=O) groups is 2. The van der Waals surface area contributed by atoms with E-state index < -0.39 is 11.9 Å². The number of fused-ring (bicyclic) bond motifs is 4. The zero-order valence-electron chi connectivity index (χ0n) is 38.3. The molecule has 0 amide bonds. The number of benzene rings is 6. The summed E-state index contributed by atoms with van der Waals surface area (Å²) in [5.74, 6) is 0.605. The molecule has 0 aromatic heterocycles. The van der Waals surface area contributed by atoms with E-state index in [9.17, 15) is 9.59 Å². The highest BCUT2D eigenvalue weighted by molar-refractivity contribution is 6.09. The van der Waals surface area contributed by atoms with Crippen LogP contribution in [-0.2, 0) is 9.47 Å². The molecule has 65 heavy (non-hydrogen) atoms. The summed E-state index contributed by atoms with van der Waals surface area (Å²) in [6.45, 7) is 15.0. The van der Waals surface area contributed by atoms with Crippen LogP contribution in [0, 0.1) is 0 Å². The number of hydrogen-bond acceptors (Lipinski definition) is 8. The molecule has 4 aromatic carbocycles. The van der Waals surface area contributed by atoms with Crippen molar-refractivity contribution in [3.8, 4) is 44.9 Å². The van der Waals surface area contributed by atoms with E-state index in [0.717, 1.165) is 110 Å². The Bertz CT molecular complexity index is 3090. The van der Waals surface area contributed by atoms with Gasteiger partial charge in [0.1, 0.15) is 42.8 Å². The Morgan fingerprint density at radius 1 is 0.631 bits per heavy atom. The molecule has 0 unspecified atom stereocenters. The third-order valence-corrected chi connectivity index (χ3v) is 12.1. The lowest BCUT2D eigenvalue weighted by Gasteiger charge is -2.22. The molecule has 0 fully saturated rings. The first-order valence-electron chi connectivity index (χ1n) is 22.9. The van der Waals surface area contributed by atoms with Gasteiger partial charge in [-0.1, -0.05) is 36.4 Å². The van der Waals surface area contributed by atoms with Crippen molar-refractivity contribution in [3.05, 3.63) is 143 Å². The predicted octanol–water partition coefficient (Wildman–Crippen LogP) is 9.22. The van der Waals surface area contributed by atoms with Crippen molar-refractivity contribution in [2.75, 3.05) is 63.2 Å². The van der Waals surface area contributed by atoms with Crippen molar-refractivity contribution in [2.45, 2.75) is 47.5 Å². The number of nitrogens with zero attached hydrogens (tertiary/aromatic N) is 2. The molecule has 0 atom stereocenters. The van der Waals surface area contributed by atoms with Crippen LogP contribution >= 0.6 is 0 Å². The lowest BCUT2D eigenvalue weighted by Crippen LogP contribution is -2.75. The Balaban J connectivity index is 0.998. The Morgan fingerprint density at radius 2 is 1.20 bits per heavy atom. The summed E-state index contributed by atoms with van der Waals surface area (Å²) in [6.07, 6.45) is 1.02. The summed E-state index contributed by atoms with van der Waals surface area (Å²) >= 11 is 0. The van der Waals surface area contributed by atoms with Crippen LogP contribution in [0.15, 0.2) is 130 Å². The highest BCUT2D eigenvalue weighted by Crippen LogP contribution is 2.43. The smallest absolute Gasteiger partial charge is 0.338 e. The molecule has 10 heteroatoms. The Labute approximate surface area is 380 Å². The molecule has 4 aromatic rings. The molecular formula is C55H58N4O6+2. The van der Waals surface area contributed by atoms with Crippen LogP contribution in [0.1, 0.15) is 68.2 Å². The summed E-state index contributed by atoms with van der Waals surface area (Å²) < 4.78 is 27.1. The third-order valence-electron chi connectivity index (χ3n) is 12.1. The van der Waals surface area contributed by atoms with Gasteiger partial charge in [-0.2, -0.15) is 0 Å². The van der Waals surface area contributed by atoms with Crippen molar-refractivity contribution in [2.24, 2.45) is 0 Å². The zero-order valence-corrected chi connectivity index (χ0v) is 38.3. The number of hydrogen-bond donors (Lipinski definition) is 2. The lowest BCUT2D eigenvalue weighted by molar-refractivity contribution is -0.496. The number of anilines is 2. The van der Waals surface area contributed by atoms with Crippen LogP contribution in [0.2, 0.25) is 0 Å². The van der Waals surface area contributed by atoms with Gasteiger partial charge >= 0.3 is 11.9 Å². The number of nitrogens with one attached hydrogen (secondary N) is 2. The number of ether oxygens (including phenoxy) is 2. The summed E-state index contributed by atoms with van der Waals surface area (Å²) in [7, 11) is 2.06. The summed E-state index contributed by atoms with van der Waals surface area (Å²) in [6, 6.07) is 39.8. The SMILES string of the molecule is CCNc1ccc2c(-c3ccccc3C(=O)OCCCCOC(=O)c3ccccc3-c3c4ccc(=[N+](C)CC)cc-4oc4cc(N(CC)CC)ccc34)c3ccc(=[NH+]CC)cc-3oc2c1. The van der Waals surface area contributed by atoms with Crippen molar-refractivity contribution in [1.82, 2.24) is 4.58 Å². The fourth-order valence-corrected chi connectivity index (χ4v) is 8.62. The van der Waals surface area contributed by atoms with Crippen LogP contribution in [0.4, 0.5) is 11.4 Å². The van der Waals surface area contributed by atoms with Gasteiger partial charge in [0.15, 0.2) is 0 Å². The van der Waals surface area contributed by atoms with E-state index in [-0.39, 0.29) is 13.2 Å². The monoisotopic (exact) mass is 870 g/mol. The molecule has 10 nitrogen and oxygen atoms in total. The largest absolute Gasteiger partial charge is 0.462 e. The molecule has 2 aliphatic heterocycles. The summed E-state index contributed by atoms with van der Waals surface area (Å²) in [4.78, 5) is 33.5. The van der Waals surface area contributed by atoms with E-state index in [0.29, 0.717) is 35.3 Å². The van der Waals surface area contributed by atoms with Crippen LogP contribution in [0.3, 0.4) is 0 Å². The normalized spacial score (nSPS) is 12.2.